The van der Waals surface area contributed by atoms with Gasteiger partial charge >= 0.3 is 29.6 Å². The van der Waals surface area contributed by atoms with Crippen LogP contribution in [-0.4, -0.2) is 77.2 Å². The maximum atomic E-state index is 10.4. The standard InChI is InChI=1S/C7H17NO7S.Na.H/c9-3-7(4-10,5-11)8-1-6(12)2-16(13,14)15;;/h6,8-12H,1-5H2,(H,13,14,15);;/q;+1;-1. The van der Waals surface area contributed by atoms with Gasteiger partial charge < -0.3 is 27.2 Å². The zero-order valence-corrected chi connectivity index (χ0v) is 12.4. The van der Waals surface area contributed by atoms with Crippen molar-refractivity contribution in [2.24, 2.45) is 0 Å². The van der Waals surface area contributed by atoms with Crippen LogP contribution < -0.4 is 34.9 Å². The van der Waals surface area contributed by atoms with Crippen molar-refractivity contribution in [3.05, 3.63) is 0 Å². The van der Waals surface area contributed by atoms with Gasteiger partial charge in [-0.25, -0.2) is 0 Å². The molecule has 0 radical (unpaired) electrons. The van der Waals surface area contributed by atoms with E-state index in [-0.39, 0.29) is 37.5 Å². The number of hydrogen-bond acceptors (Lipinski definition) is 7. The molecule has 0 spiro atoms. The number of β-amino-alcohol motifs (C(OH)–C–C–N with tert-alkyl or cyclic N) is 1. The Balaban J connectivity index is -0.00000112. The first-order valence-corrected chi connectivity index (χ1v) is 6.10. The molecule has 17 heavy (non-hydrogen) atoms. The van der Waals surface area contributed by atoms with Gasteiger partial charge in [0.25, 0.3) is 10.1 Å². The number of rotatable bonds is 8. The van der Waals surface area contributed by atoms with Gasteiger partial charge in [0.05, 0.1) is 31.5 Å². The van der Waals surface area contributed by atoms with E-state index in [1.165, 1.54) is 0 Å². The number of hydrogen-bond donors (Lipinski definition) is 6. The van der Waals surface area contributed by atoms with E-state index in [1.54, 1.807) is 0 Å². The summed E-state index contributed by atoms with van der Waals surface area (Å²) in [6.45, 7) is -2.06. The predicted molar refractivity (Wildman–Crippen MR) is 55.5 cm³/mol. The van der Waals surface area contributed by atoms with E-state index >= 15 is 0 Å². The van der Waals surface area contributed by atoms with Crippen LogP contribution in [0.5, 0.6) is 0 Å². The monoisotopic (exact) mass is 283 g/mol. The minimum Gasteiger partial charge on any atom is -1.00 e. The second-order valence-electron chi connectivity index (χ2n) is 3.54. The van der Waals surface area contributed by atoms with Crippen molar-refractivity contribution in [1.82, 2.24) is 5.32 Å². The van der Waals surface area contributed by atoms with Crippen molar-refractivity contribution in [1.29, 1.82) is 0 Å². The molecule has 8 nitrogen and oxygen atoms in total. The molecule has 1 unspecified atom stereocenters. The van der Waals surface area contributed by atoms with Gasteiger partial charge in [0.15, 0.2) is 0 Å². The smallest absolute Gasteiger partial charge is 1.00 e. The summed E-state index contributed by atoms with van der Waals surface area (Å²) >= 11 is 0. The molecular formula is C7H18NNaO7S. The molecule has 0 aliphatic rings. The van der Waals surface area contributed by atoms with Crippen LogP contribution in [0.4, 0.5) is 0 Å². The molecule has 100 valence electrons. The molecule has 0 aromatic carbocycles. The second kappa shape index (κ2) is 8.75. The Bertz CT molecular complexity index is 290. The van der Waals surface area contributed by atoms with Crippen LogP contribution in [0.15, 0.2) is 0 Å². The maximum Gasteiger partial charge on any atom is 1.00 e. The third-order valence-electron chi connectivity index (χ3n) is 2.02. The fourth-order valence-corrected chi connectivity index (χ4v) is 1.56. The van der Waals surface area contributed by atoms with E-state index in [9.17, 15) is 13.5 Å². The molecule has 0 aliphatic heterocycles. The minimum absolute atomic E-state index is 0. The summed E-state index contributed by atoms with van der Waals surface area (Å²) < 4.78 is 29.2. The molecular weight excluding hydrogens is 265 g/mol. The normalized spacial score (nSPS) is 14.2. The van der Waals surface area contributed by atoms with Gasteiger partial charge in [-0.2, -0.15) is 8.42 Å². The molecule has 0 aromatic heterocycles. The molecule has 0 aliphatic carbocycles. The topological polar surface area (TPSA) is 147 Å². The number of aliphatic hydroxyl groups is 4. The van der Waals surface area contributed by atoms with Crippen LogP contribution in [0.2, 0.25) is 0 Å². The van der Waals surface area contributed by atoms with Gasteiger partial charge in [0.2, 0.25) is 0 Å². The molecule has 0 heterocycles. The molecule has 0 fully saturated rings. The van der Waals surface area contributed by atoms with E-state index in [1.807, 2.05) is 0 Å². The van der Waals surface area contributed by atoms with Crippen molar-refractivity contribution >= 4 is 10.1 Å². The Kier molecular flexibility index (Phi) is 10.3. The van der Waals surface area contributed by atoms with Crippen LogP contribution in [0.25, 0.3) is 0 Å². The van der Waals surface area contributed by atoms with E-state index in [0.29, 0.717) is 0 Å². The Morgan fingerprint density at radius 1 is 1.18 bits per heavy atom. The first-order chi connectivity index (χ1) is 7.28. The predicted octanol–water partition coefficient (Wildman–Crippen LogP) is -6.34. The van der Waals surface area contributed by atoms with Crippen LogP contribution in [0, 0.1) is 0 Å². The molecule has 0 aromatic rings. The van der Waals surface area contributed by atoms with Crippen LogP contribution in [0.1, 0.15) is 1.43 Å². The molecule has 0 saturated heterocycles. The van der Waals surface area contributed by atoms with Crippen LogP contribution in [-0.2, 0) is 10.1 Å². The summed E-state index contributed by atoms with van der Waals surface area (Å²) in [5.41, 5.74) is -1.39. The Hall–Kier alpha value is 0.710. The van der Waals surface area contributed by atoms with Gasteiger partial charge in [-0.15, -0.1) is 0 Å². The Morgan fingerprint density at radius 2 is 1.59 bits per heavy atom. The Labute approximate surface area is 123 Å². The second-order valence-corrected chi connectivity index (χ2v) is 5.04. The summed E-state index contributed by atoms with van der Waals surface area (Å²) in [4.78, 5) is 0. The Morgan fingerprint density at radius 3 is 1.88 bits per heavy atom. The largest absolute Gasteiger partial charge is 1.00 e. The first kappa shape index (κ1) is 20.0. The minimum atomic E-state index is -4.29. The van der Waals surface area contributed by atoms with Crippen molar-refractivity contribution in [3.63, 3.8) is 0 Å². The maximum absolute atomic E-state index is 10.4. The van der Waals surface area contributed by atoms with E-state index < -0.39 is 47.3 Å². The van der Waals surface area contributed by atoms with Crippen molar-refractivity contribution < 1.29 is 64.4 Å². The van der Waals surface area contributed by atoms with Crippen molar-refractivity contribution in [2.75, 3.05) is 32.1 Å². The first-order valence-electron chi connectivity index (χ1n) is 4.49. The summed E-state index contributed by atoms with van der Waals surface area (Å²) in [5, 5.41) is 38.3. The molecule has 0 saturated carbocycles. The van der Waals surface area contributed by atoms with Gasteiger partial charge in [-0.1, -0.05) is 0 Å². The zero-order valence-electron chi connectivity index (χ0n) is 10.6. The fraction of sp³-hybridized carbons (Fsp3) is 1.00. The van der Waals surface area contributed by atoms with E-state index in [4.69, 9.17) is 19.9 Å². The summed E-state index contributed by atoms with van der Waals surface area (Å²) in [6.07, 6.45) is -1.40. The molecule has 0 bridgehead atoms. The summed E-state index contributed by atoms with van der Waals surface area (Å²) in [7, 11) is -4.29. The average Bonchev–Trinajstić information content (AvgIpc) is 2.18. The summed E-state index contributed by atoms with van der Waals surface area (Å²) in [6, 6.07) is 0. The fourth-order valence-electron chi connectivity index (χ4n) is 0.954. The molecule has 1 atom stereocenters. The van der Waals surface area contributed by atoms with Crippen LogP contribution >= 0.6 is 0 Å². The molecule has 0 amide bonds. The third-order valence-corrected chi connectivity index (χ3v) is 2.83. The van der Waals surface area contributed by atoms with Crippen molar-refractivity contribution in [2.45, 2.75) is 11.6 Å². The van der Waals surface area contributed by atoms with Crippen LogP contribution in [0.3, 0.4) is 0 Å². The quantitative estimate of drug-likeness (QED) is 0.190. The van der Waals surface area contributed by atoms with E-state index in [0.717, 1.165) is 0 Å². The van der Waals surface area contributed by atoms with Crippen molar-refractivity contribution in [3.8, 4) is 0 Å². The van der Waals surface area contributed by atoms with Gasteiger partial charge in [0.1, 0.15) is 5.75 Å². The van der Waals surface area contributed by atoms with Gasteiger partial charge in [-0.3, -0.25) is 4.55 Å². The molecule has 10 heteroatoms. The van der Waals surface area contributed by atoms with Gasteiger partial charge in [0, 0.05) is 6.54 Å². The zero-order chi connectivity index (χ0) is 12.8. The summed E-state index contributed by atoms with van der Waals surface area (Å²) in [5.74, 6) is -0.863. The third kappa shape index (κ3) is 8.43. The molecule has 6 N–H and O–H groups in total. The SMILES string of the molecule is O=S(=O)(O)CC(O)CNC(CO)(CO)CO.[H-].[Na+]. The van der Waals surface area contributed by atoms with Gasteiger partial charge in [-0.05, 0) is 0 Å². The van der Waals surface area contributed by atoms with E-state index in [2.05, 4.69) is 5.32 Å². The average molecular weight is 283 g/mol. The molecule has 0 rings (SSSR count). The number of aliphatic hydroxyl groups excluding tert-OH is 4. The number of nitrogens with one attached hydrogen (secondary N) is 1.